The van der Waals surface area contributed by atoms with Gasteiger partial charge in [0.05, 0.1) is 6.10 Å². The first-order chi connectivity index (χ1) is 7.04. The normalized spacial score (nSPS) is 15.0. The molecule has 1 aromatic rings. The highest BCUT2D eigenvalue weighted by atomic mass is 35.5. The summed E-state index contributed by atoms with van der Waals surface area (Å²) in [6.45, 7) is 3.95. The summed E-state index contributed by atoms with van der Waals surface area (Å²) in [5.74, 6) is -0.134. The molecule has 0 heterocycles. The molecule has 84 valence electrons. The standard InChI is InChI=1S/C12H16ClFO/c1-3-8(2)12(15)7-9-6-10(13)4-5-11(9)14/h4-6,8,12,15H,3,7H2,1-2H3. The Morgan fingerprint density at radius 2 is 2.13 bits per heavy atom. The SMILES string of the molecule is CCC(C)C(O)Cc1cc(Cl)ccc1F. The molecule has 1 nitrogen and oxygen atoms in total. The van der Waals surface area contributed by atoms with E-state index in [-0.39, 0.29) is 11.7 Å². The van der Waals surface area contributed by atoms with Crippen molar-refractivity contribution >= 4 is 11.6 Å². The third-order valence-electron chi connectivity index (χ3n) is 2.74. The smallest absolute Gasteiger partial charge is 0.126 e. The van der Waals surface area contributed by atoms with Gasteiger partial charge in [0.1, 0.15) is 5.82 Å². The van der Waals surface area contributed by atoms with Crippen LogP contribution in [-0.2, 0) is 6.42 Å². The maximum Gasteiger partial charge on any atom is 0.126 e. The number of halogens is 2. The van der Waals surface area contributed by atoms with Gasteiger partial charge in [-0.05, 0) is 29.7 Å². The van der Waals surface area contributed by atoms with Gasteiger partial charge in [-0.2, -0.15) is 0 Å². The van der Waals surface area contributed by atoms with Crippen LogP contribution in [0.25, 0.3) is 0 Å². The Morgan fingerprint density at radius 1 is 1.47 bits per heavy atom. The zero-order valence-electron chi connectivity index (χ0n) is 9.00. The van der Waals surface area contributed by atoms with Gasteiger partial charge in [0.25, 0.3) is 0 Å². The van der Waals surface area contributed by atoms with Crippen LogP contribution in [-0.4, -0.2) is 11.2 Å². The highest BCUT2D eigenvalue weighted by Gasteiger charge is 2.15. The lowest BCUT2D eigenvalue weighted by atomic mass is 9.95. The first kappa shape index (κ1) is 12.5. The second-order valence-electron chi connectivity index (χ2n) is 3.89. The second-order valence-corrected chi connectivity index (χ2v) is 4.33. The lowest BCUT2D eigenvalue weighted by Crippen LogP contribution is -2.20. The van der Waals surface area contributed by atoms with E-state index in [0.29, 0.717) is 17.0 Å². The molecule has 1 N–H and O–H groups in total. The first-order valence-corrected chi connectivity index (χ1v) is 5.54. The molecule has 15 heavy (non-hydrogen) atoms. The largest absolute Gasteiger partial charge is 0.393 e. The summed E-state index contributed by atoms with van der Waals surface area (Å²) in [7, 11) is 0. The number of hydrogen-bond acceptors (Lipinski definition) is 1. The van der Waals surface area contributed by atoms with Gasteiger partial charge in [-0.25, -0.2) is 4.39 Å². The van der Waals surface area contributed by atoms with Crippen molar-refractivity contribution in [3.63, 3.8) is 0 Å². The van der Waals surface area contributed by atoms with Gasteiger partial charge < -0.3 is 5.11 Å². The fraction of sp³-hybridized carbons (Fsp3) is 0.500. The Morgan fingerprint density at radius 3 is 2.73 bits per heavy atom. The van der Waals surface area contributed by atoms with Crippen molar-refractivity contribution in [3.8, 4) is 0 Å². The van der Waals surface area contributed by atoms with Crippen LogP contribution < -0.4 is 0 Å². The Bertz CT molecular complexity index is 327. The van der Waals surface area contributed by atoms with Gasteiger partial charge in [0.2, 0.25) is 0 Å². The minimum atomic E-state index is -0.511. The molecule has 0 bridgehead atoms. The number of benzene rings is 1. The summed E-state index contributed by atoms with van der Waals surface area (Å²) in [6, 6.07) is 4.42. The van der Waals surface area contributed by atoms with Gasteiger partial charge in [-0.3, -0.25) is 0 Å². The van der Waals surface area contributed by atoms with Crippen LogP contribution in [0.3, 0.4) is 0 Å². The predicted octanol–water partition coefficient (Wildman–Crippen LogP) is 3.43. The van der Waals surface area contributed by atoms with Crippen molar-refractivity contribution in [1.82, 2.24) is 0 Å². The van der Waals surface area contributed by atoms with Gasteiger partial charge in [-0.15, -0.1) is 0 Å². The topological polar surface area (TPSA) is 20.2 Å². The van der Waals surface area contributed by atoms with Crippen molar-refractivity contribution in [2.24, 2.45) is 5.92 Å². The second kappa shape index (κ2) is 5.47. The van der Waals surface area contributed by atoms with Gasteiger partial charge in [0, 0.05) is 11.4 Å². The van der Waals surface area contributed by atoms with Crippen LogP contribution in [0.5, 0.6) is 0 Å². The van der Waals surface area contributed by atoms with Gasteiger partial charge >= 0.3 is 0 Å². The molecule has 0 fully saturated rings. The molecule has 0 aromatic heterocycles. The molecule has 1 rings (SSSR count). The quantitative estimate of drug-likeness (QED) is 0.840. The number of rotatable bonds is 4. The van der Waals surface area contributed by atoms with Crippen LogP contribution in [0.15, 0.2) is 18.2 Å². The van der Waals surface area contributed by atoms with E-state index < -0.39 is 6.10 Å². The van der Waals surface area contributed by atoms with E-state index in [0.717, 1.165) is 6.42 Å². The summed E-state index contributed by atoms with van der Waals surface area (Å²) in [6.07, 6.45) is 0.688. The Hall–Kier alpha value is -0.600. The molecule has 1 aromatic carbocycles. The molecule has 0 aliphatic carbocycles. The maximum absolute atomic E-state index is 13.3. The fourth-order valence-corrected chi connectivity index (χ4v) is 1.59. The molecule has 2 atom stereocenters. The Balaban J connectivity index is 2.75. The van der Waals surface area contributed by atoms with E-state index in [1.807, 2.05) is 13.8 Å². The molecule has 0 saturated carbocycles. The lowest BCUT2D eigenvalue weighted by molar-refractivity contribution is 0.114. The van der Waals surface area contributed by atoms with Crippen LogP contribution >= 0.6 is 11.6 Å². The van der Waals surface area contributed by atoms with Crippen LogP contribution in [0, 0.1) is 11.7 Å². The zero-order chi connectivity index (χ0) is 11.4. The molecule has 0 aliphatic heterocycles. The van der Waals surface area contributed by atoms with E-state index >= 15 is 0 Å². The first-order valence-electron chi connectivity index (χ1n) is 5.16. The molecule has 0 aliphatic rings. The minimum Gasteiger partial charge on any atom is -0.393 e. The van der Waals surface area contributed by atoms with Crippen molar-refractivity contribution in [1.29, 1.82) is 0 Å². The van der Waals surface area contributed by atoms with Crippen LogP contribution in [0.4, 0.5) is 4.39 Å². The van der Waals surface area contributed by atoms with Crippen LogP contribution in [0.1, 0.15) is 25.8 Å². The van der Waals surface area contributed by atoms with Crippen molar-refractivity contribution < 1.29 is 9.50 Å². The fourth-order valence-electron chi connectivity index (χ4n) is 1.40. The summed E-state index contributed by atoms with van der Waals surface area (Å²) >= 11 is 5.77. The van der Waals surface area contributed by atoms with E-state index in [1.54, 1.807) is 6.07 Å². The average Bonchev–Trinajstić information content (AvgIpc) is 2.22. The Kier molecular flexibility index (Phi) is 4.55. The molecular formula is C12H16ClFO. The third-order valence-corrected chi connectivity index (χ3v) is 2.97. The number of hydrogen-bond donors (Lipinski definition) is 1. The molecule has 2 unspecified atom stereocenters. The van der Waals surface area contributed by atoms with Gasteiger partial charge in [-0.1, -0.05) is 31.9 Å². The Labute approximate surface area is 94.9 Å². The lowest BCUT2D eigenvalue weighted by Gasteiger charge is -2.17. The van der Waals surface area contributed by atoms with E-state index in [1.165, 1.54) is 12.1 Å². The molecular weight excluding hydrogens is 215 g/mol. The summed E-state index contributed by atoms with van der Waals surface area (Å²) in [5, 5.41) is 10.3. The minimum absolute atomic E-state index is 0.170. The van der Waals surface area contributed by atoms with E-state index in [2.05, 4.69) is 0 Å². The van der Waals surface area contributed by atoms with Crippen LogP contribution in [0.2, 0.25) is 5.02 Å². The van der Waals surface area contributed by atoms with E-state index in [4.69, 9.17) is 11.6 Å². The number of aliphatic hydroxyl groups is 1. The van der Waals surface area contributed by atoms with E-state index in [9.17, 15) is 9.50 Å². The van der Waals surface area contributed by atoms with Gasteiger partial charge in [0.15, 0.2) is 0 Å². The summed E-state index contributed by atoms with van der Waals surface area (Å²) in [4.78, 5) is 0. The molecule has 3 heteroatoms. The predicted molar refractivity (Wildman–Crippen MR) is 60.6 cm³/mol. The molecule has 0 spiro atoms. The average molecular weight is 231 g/mol. The number of aliphatic hydroxyl groups excluding tert-OH is 1. The maximum atomic E-state index is 13.3. The summed E-state index contributed by atoms with van der Waals surface area (Å²) < 4.78 is 13.3. The molecule has 0 amide bonds. The monoisotopic (exact) mass is 230 g/mol. The molecule has 0 saturated heterocycles. The van der Waals surface area contributed by atoms with Crippen molar-refractivity contribution in [2.75, 3.05) is 0 Å². The van der Waals surface area contributed by atoms with Crippen molar-refractivity contribution in [2.45, 2.75) is 32.8 Å². The summed E-state index contributed by atoms with van der Waals surface area (Å²) in [5.41, 5.74) is 0.482. The highest BCUT2D eigenvalue weighted by Crippen LogP contribution is 2.19. The zero-order valence-corrected chi connectivity index (χ0v) is 9.76. The van der Waals surface area contributed by atoms with Crippen molar-refractivity contribution in [3.05, 3.63) is 34.6 Å². The third kappa shape index (κ3) is 3.47. The molecule has 0 radical (unpaired) electrons. The highest BCUT2D eigenvalue weighted by molar-refractivity contribution is 6.30.